The molecule has 0 bridgehead atoms. The maximum absolute atomic E-state index is 12.0. The van der Waals surface area contributed by atoms with Gasteiger partial charge in [0.25, 0.3) is 5.91 Å². The number of carbonyl (C=O) groups excluding carboxylic acids is 3. The lowest BCUT2D eigenvalue weighted by atomic mass is 10.1. The monoisotopic (exact) mass is 318 g/mol. The highest BCUT2D eigenvalue weighted by Crippen LogP contribution is 2.14. The fourth-order valence-corrected chi connectivity index (χ4v) is 2.24. The van der Waals surface area contributed by atoms with Gasteiger partial charge in [-0.2, -0.15) is 0 Å². The number of carbonyl (C=O) groups is 3. The SMILES string of the molecule is CCOC(=O)N(C)C1C(=N)N(Cc2ccccc2)C(=O)NC1=O. The third-order valence-corrected chi connectivity index (χ3v) is 3.40. The average Bonchev–Trinajstić information content (AvgIpc) is 2.52. The van der Waals surface area contributed by atoms with E-state index in [9.17, 15) is 14.4 Å². The molecular formula is C15H18N4O4. The van der Waals surface area contributed by atoms with Crippen LogP contribution in [-0.4, -0.2) is 53.4 Å². The second-order valence-electron chi connectivity index (χ2n) is 4.96. The number of hydrogen-bond donors (Lipinski definition) is 2. The Hall–Kier alpha value is -2.90. The Morgan fingerprint density at radius 1 is 1.35 bits per heavy atom. The van der Waals surface area contributed by atoms with Crippen LogP contribution < -0.4 is 5.32 Å². The van der Waals surface area contributed by atoms with Crippen LogP contribution in [0.1, 0.15) is 12.5 Å². The third-order valence-electron chi connectivity index (χ3n) is 3.40. The van der Waals surface area contributed by atoms with Crippen LogP contribution in [0, 0.1) is 5.41 Å². The maximum atomic E-state index is 12.0. The van der Waals surface area contributed by atoms with Crippen molar-refractivity contribution in [2.45, 2.75) is 19.5 Å². The number of imide groups is 1. The number of ether oxygens (including phenoxy) is 1. The van der Waals surface area contributed by atoms with Gasteiger partial charge in [0.1, 0.15) is 5.84 Å². The Kier molecular flexibility index (Phi) is 4.95. The Bertz CT molecular complexity index is 632. The van der Waals surface area contributed by atoms with E-state index in [1.54, 1.807) is 19.1 Å². The van der Waals surface area contributed by atoms with Crippen LogP contribution in [0.3, 0.4) is 0 Å². The topological polar surface area (TPSA) is 103 Å². The van der Waals surface area contributed by atoms with E-state index in [1.807, 2.05) is 18.2 Å². The predicted molar refractivity (Wildman–Crippen MR) is 81.8 cm³/mol. The van der Waals surface area contributed by atoms with Crippen molar-refractivity contribution in [2.75, 3.05) is 13.7 Å². The van der Waals surface area contributed by atoms with Crippen molar-refractivity contribution in [3.05, 3.63) is 35.9 Å². The summed E-state index contributed by atoms with van der Waals surface area (Å²) in [5.41, 5.74) is 0.805. The van der Waals surface area contributed by atoms with E-state index < -0.39 is 24.1 Å². The van der Waals surface area contributed by atoms with Crippen LogP contribution in [0.25, 0.3) is 0 Å². The minimum atomic E-state index is -1.21. The molecular weight excluding hydrogens is 300 g/mol. The molecule has 8 nitrogen and oxygen atoms in total. The molecule has 8 heteroatoms. The highest BCUT2D eigenvalue weighted by atomic mass is 16.6. The molecule has 2 rings (SSSR count). The Morgan fingerprint density at radius 2 is 2.00 bits per heavy atom. The molecule has 1 aliphatic rings. The fourth-order valence-electron chi connectivity index (χ4n) is 2.24. The molecule has 0 spiro atoms. The van der Waals surface area contributed by atoms with E-state index in [4.69, 9.17) is 10.1 Å². The zero-order chi connectivity index (χ0) is 17.0. The molecule has 0 aromatic heterocycles. The number of urea groups is 1. The largest absolute Gasteiger partial charge is 0.450 e. The minimum Gasteiger partial charge on any atom is -0.450 e. The van der Waals surface area contributed by atoms with Gasteiger partial charge in [0.15, 0.2) is 6.04 Å². The number of amides is 4. The Morgan fingerprint density at radius 3 is 2.61 bits per heavy atom. The van der Waals surface area contributed by atoms with Gasteiger partial charge < -0.3 is 4.74 Å². The lowest BCUT2D eigenvalue weighted by Gasteiger charge is -2.36. The summed E-state index contributed by atoms with van der Waals surface area (Å²) in [5.74, 6) is -0.988. The first-order chi connectivity index (χ1) is 11.0. The summed E-state index contributed by atoms with van der Waals surface area (Å²) in [7, 11) is 1.35. The third kappa shape index (κ3) is 3.47. The van der Waals surface area contributed by atoms with Gasteiger partial charge >= 0.3 is 12.1 Å². The summed E-state index contributed by atoms with van der Waals surface area (Å²) < 4.78 is 4.84. The highest BCUT2D eigenvalue weighted by Gasteiger charge is 2.42. The highest BCUT2D eigenvalue weighted by molar-refractivity contribution is 6.20. The maximum Gasteiger partial charge on any atom is 0.410 e. The smallest absolute Gasteiger partial charge is 0.410 e. The summed E-state index contributed by atoms with van der Waals surface area (Å²) in [5, 5.41) is 10.3. The fraction of sp³-hybridized carbons (Fsp3) is 0.333. The van der Waals surface area contributed by atoms with Crippen molar-refractivity contribution in [1.82, 2.24) is 15.1 Å². The summed E-state index contributed by atoms with van der Waals surface area (Å²) in [6.07, 6.45) is -0.730. The van der Waals surface area contributed by atoms with Crippen LogP contribution in [0.2, 0.25) is 0 Å². The molecule has 2 N–H and O–H groups in total. The van der Waals surface area contributed by atoms with Crippen molar-refractivity contribution < 1.29 is 19.1 Å². The number of amidine groups is 1. The zero-order valence-electron chi connectivity index (χ0n) is 12.9. The Labute approximate surface area is 133 Å². The van der Waals surface area contributed by atoms with Crippen LogP contribution in [0.15, 0.2) is 30.3 Å². The number of likely N-dealkylation sites (N-methyl/N-ethyl adjacent to an activating group) is 1. The molecule has 0 radical (unpaired) electrons. The van der Waals surface area contributed by atoms with Crippen molar-refractivity contribution in [1.29, 1.82) is 5.41 Å². The van der Waals surface area contributed by atoms with Gasteiger partial charge in [0.2, 0.25) is 0 Å². The van der Waals surface area contributed by atoms with E-state index in [1.165, 1.54) is 7.05 Å². The molecule has 1 fully saturated rings. The van der Waals surface area contributed by atoms with Crippen LogP contribution in [0.5, 0.6) is 0 Å². The number of rotatable bonds is 4. The molecule has 4 amide bonds. The molecule has 122 valence electrons. The summed E-state index contributed by atoms with van der Waals surface area (Å²) in [4.78, 5) is 37.9. The quantitative estimate of drug-likeness (QED) is 0.870. The van der Waals surface area contributed by atoms with Gasteiger partial charge in [0.05, 0.1) is 13.2 Å². The van der Waals surface area contributed by atoms with E-state index in [-0.39, 0.29) is 19.0 Å². The molecule has 1 unspecified atom stereocenters. The van der Waals surface area contributed by atoms with E-state index in [0.29, 0.717) is 0 Å². The molecule has 23 heavy (non-hydrogen) atoms. The van der Waals surface area contributed by atoms with Gasteiger partial charge in [0, 0.05) is 7.05 Å². The predicted octanol–water partition coefficient (Wildman–Crippen LogP) is 1.17. The van der Waals surface area contributed by atoms with Crippen LogP contribution in [-0.2, 0) is 16.1 Å². The molecule has 1 aromatic rings. The molecule has 1 heterocycles. The number of hydrogen-bond acceptors (Lipinski definition) is 5. The number of nitrogens with one attached hydrogen (secondary N) is 2. The molecule has 1 aliphatic heterocycles. The molecule has 0 saturated carbocycles. The van der Waals surface area contributed by atoms with Crippen LogP contribution in [0.4, 0.5) is 9.59 Å². The standard InChI is InChI=1S/C15H18N4O4/c1-3-23-15(22)18(2)11-12(16)19(14(21)17-13(11)20)9-10-7-5-4-6-8-10/h4-8,11,16H,3,9H2,1-2H3,(H,17,20,21). The van der Waals surface area contributed by atoms with Crippen LogP contribution >= 0.6 is 0 Å². The van der Waals surface area contributed by atoms with Crippen molar-refractivity contribution in [2.24, 2.45) is 0 Å². The minimum absolute atomic E-state index is 0.131. The summed E-state index contributed by atoms with van der Waals surface area (Å²) in [6.45, 7) is 1.92. The molecule has 1 aromatic carbocycles. The van der Waals surface area contributed by atoms with E-state index >= 15 is 0 Å². The average molecular weight is 318 g/mol. The van der Waals surface area contributed by atoms with Gasteiger partial charge in [-0.3, -0.25) is 25.3 Å². The summed E-state index contributed by atoms with van der Waals surface area (Å²) in [6, 6.07) is 7.18. The van der Waals surface area contributed by atoms with Gasteiger partial charge in [-0.25, -0.2) is 9.59 Å². The molecule has 0 aliphatic carbocycles. The normalized spacial score (nSPS) is 17.7. The lowest BCUT2D eigenvalue weighted by molar-refractivity contribution is -0.123. The molecule has 1 saturated heterocycles. The number of nitrogens with zero attached hydrogens (tertiary/aromatic N) is 2. The Balaban J connectivity index is 2.21. The van der Waals surface area contributed by atoms with Gasteiger partial charge in [-0.15, -0.1) is 0 Å². The van der Waals surface area contributed by atoms with Crippen molar-refractivity contribution in [3.8, 4) is 0 Å². The van der Waals surface area contributed by atoms with E-state index in [2.05, 4.69) is 5.32 Å². The summed E-state index contributed by atoms with van der Waals surface area (Å²) >= 11 is 0. The van der Waals surface area contributed by atoms with Gasteiger partial charge in [-0.05, 0) is 12.5 Å². The zero-order valence-corrected chi connectivity index (χ0v) is 12.9. The van der Waals surface area contributed by atoms with Crippen molar-refractivity contribution in [3.63, 3.8) is 0 Å². The van der Waals surface area contributed by atoms with E-state index in [0.717, 1.165) is 15.4 Å². The van der Waals surface area contributed by atoms with Gasteiger partial charge in [-0.1, -0.05) is 30.3 Å². The number of benzene rings is 1. The molecule has 1 atom stereocenters. The lowest BCUT2D eigenvalue weighted by Crippen LogP contribution is -2.65. The first kappa shape index (κ1) is 16.5. The first-order valence-corrected chi connectivity index (χ1v) is 7.10. The first-order valence-electron chi connectivity index (χ1n) is 7.10. The second kappa shape index (κ2) is 6.91. The van der Waals surface area contributed by atoms with Crippen molar-refractivity contribution >= 4 is 23.9 Å². The second-order valence-corrected chi connectivity index (χ2v) is 4.96.